The van der Waals surface area contributed by atoms with Crippen LogP contribution in [0, 0.1) is 17.8 Å². The number of carbonyl (C=O) groups is 3. The Hall–Kier alpha value is -4.27. The van der Waals surface area contributed by atoms with Crippen LogP contribution in [0.2, 0.25) is 0 Å². The zero-order valence-corrected chi connectivity index (χ0v) is 28.5. The van der Waals surface area contributed by atoms with E-state index in [9.17, 15) is 39.9 Å². The number of nitrogens with one attached hydrogen (secondary N) is 1. The van der Waals surface area contributed by atoms with E-state index in [4.69, 9.17) is 15.2 Å². The molecular formula is C36H45N3O10. The standard InChI is InChI=1S/C36H45N3O10/c1-16(2)11-23(35(46)49-6)38-15-17-7-10-25(48-5)20(12-17)19-8-9-24(40)27-21(19)13-18-14-22-29(39(3)4)31(42)28(34(37)45)33(44)36(22,47)32(43)26(18)30(27)41/h7-10,12,16,18,22-23,29,35,38,40-41,44,46-47H,11,13-15H2,1-6H3,(H2,37,45)/t18-,22-,23?,29-,35+,36-/m0/s1. The summed E-state index contributed by atoms with van der Waals surface area (Å²) in [5.74, 6) is -6.29. The maximum absolute atomic E-state index is 14.2. The lowest BCUT2D eigenvalue weighted by molar-refractivity contribution is -0.153. The first-order chi connectivity index (χ1) is 23.1. The van der Waals surface area contributed by atoms with Crippen LogP contribution in [-0.4, -0.2) is 100 Å². The maximum atomic E-state index is 14.2. The molecule has 0 bridgehead atoms. The molecule has 13 nitrogen and oxygen atoms in total. The monoisotopic (exact) mass is 679 g/mol. The van der Waals surface area contributed by atoms with E-state index in [1.807, 2.05) is 12.1 Å². The zero-order valence-electron chi connectivity index (χ0n) is 28.5. The maximum Gasteiger partial charge on any atom is 0.255 e. The topological polar surface area (TPSA) is 212 Å². The number of phenolic OH excluding ortho intramolecular Hbond substituents is 1. The second-order valence-corrected chi connectivity index (χ2v) is 13.7. The van der Waals surface area contributed by atoms with Crippen LogP contribution in [0.15, 0.2) is 47.2 Å². The highest BCUT2D eigenvalue weighted by Gasteiger charge is 2.64. The van der Waals surface area contributed by atoms with Crippen molar-refractivity contribution < 1.29 is 49.4 Å². The van der Waals surface area contributed by atoms with Crippen molar-refractivity contribution in [1.29, 1.82) is 0 Å². The molecule has 3 aliphatic carbocycles. The minimum absolute atomic E-state index is 0.0143. The van der Waals surface area contributed by atoms with Crippen LogP contribution in [0.25, 0.3) is 16.9 Å². The van der Waals surface area contributed by atoms with Gasteiger partial charge in [-0.3, -0.25) is 19.3 Å². The number of methoxy groups -OCH3 is 2. The number of amides is 1. The molecule has 6 atom stereocenters. The number of nitrogens with zero attached hydrogens (tertiary/aromatic N) is 1. The van der Waals surface area contributed by atoms with Gasteiger partial charge in [0, 0.05) is 30.7 Å². The van der Waals surface area contributed by atoms with Gasteiger partial charge in [-0.15, -0.1) is 0 Å². The molecule has 2 aromatic rings. The highest BCUT2D eigenvalue weighted by atomic mass is 16.6. The summed E-state index contributed by atoms with van der Waals surface area (Å²) in [5.41, 5.74) is 4.22. The molecule has 1 amide bonds. The number of phenols is 1. The molecule has 1 fully saturated rings. The third kappa shape index (κ3) is 5.99. The lowest BCUT2D eigenvalue weighted by atomic mass is 9.57. The molecule has 49 heavy (non-hydrogen) atoms. The van der Waals surface area contributed by atoms with E-state index in [0.29, 0.717) is 41.3 Å². The van der Waals surface area contributed by atoms with Crippen LogP contribution in [0.3, 0.4) is 0 Å². The second kappa shape index (κ2) is 13.6. The molecule has 13 heteroatoms. The Bertz CT molecular complexity index is 1750. The van der Waals surface area contributed by atoms with Crippen molar-refractivity contribution >= 4 is 23.2 Å². The van der Waals surface area contributed by atoms with E-state index in [1.165, 1.54) is 25.2 Å². The molecule has 0 aliphatic heterocycles. The van der Waals surface area contributed by atoms with Crippen LogP contribution >= 0.6 is 0 Å². The lowest BCUT2D eigenvalue weighted by Crippen LogP contribution is -2.65. The van der Waals surface area contributed by atoms with Gasteiger partial charge in [0.2, 0.25) is 5.78 Å². The molecule has 2 aromatic carbocycles. The number of nitrogens with two attached hydrogens (primary N) is 1. The Morgan fingerprint density at radius 3 is 2.39 bits per heavy atom. The average Bonchev–Trinajstić information content (AvgIpc) is 3.03. The van der Waals surface area contributed by atoms with Crippen LogP contribution < -0.4 is 15.8 Å². The highest BCUT2D eigenvalue weighted by molar-refractivity contribution is 6.24. The number of primary amides is 1. The van der Waals surface area contributed by atoms with E-state index in [-0.39, 0.29) is 35.8 Å². The van der Waals surface area contributed by atoms with Gasteiger partial charge in [0.05, 0.1) is 24.8 Å². The number of hydrogen-bond donors (Lipinski definition) is 7. The van der Waals surface area contributed by atoms with Crippen LogP contribution in [0.5, 0.6) is 11.5 Å². The third-order valence-electron chi connectivity index (χ3n) is 10.0. The first-order valence-electron chi connectivity index (χ1n) is 16.2. The summed E-state index contributed by atoms with van der Waals surface area (Å²) in [7, 11) is 6.08. The fraction of sp³-hybridized carbons (Fsp3) is 0.472. The zero-order chi connectivity index (χ0) is 36.1. The minimum Gasteiger partial charge on any atom is -0.508 e. The van der Waals surface area contributed by atoms with Crippen molar-refractivity contribution in [3.63, 3.8) is 0 Å². The van der Waals surface area contributed by atoms with E-state index in [0.717, 1.165) is 5.56 Å². The number of aliphatic hydroxyl groups excluding tert-OH is 3. The first kappa shape index (κ1) is 36.0. The SMILES string of the molecule is COc1ccc(CNC(CC(C)C)[C@H](O)OC)cc1-c1ccc(O)c2c1C[C@H]1C[C@H]3[C@H](N(C)C)C(=O)C(C(N)=O)=C(O)[C@@]3(O)C(=O)C1=C2O. The molecular weight excluding hydrogens is 634 g/mol. The van der Waals surface area contributed by atoms with Gasteiger partial charge < -0.3 is 46.1 Å². The van der Waals surface area contributed by atoms with Crippen LogP contribution in [0.4, 0.5) is 0 Å². The summed E-state index contributed by atoms with van der Waals surface area (Å²) >= 11 is 0. The summed E-state index contributed by atoms with van der Waals surface area (Å²) < 4.78 is 10.9. The number of ether oxygens (including phenoxy) is 2. The number of aliphatic hydroxyl groups is 4. The molecule has 1 unspecified atom stereocenters. The molecule has 0 radical (unpaired) electrons. The smallest absolute Gasteiger partial charge is 0.255 e. The Morgan fingerprint density at radius 2 is 1.80 bits per heavy atom. The Kier molecular flexibility index (Phi) is 9.97. The van der Waals surface area contributed by atoms with Crippen LogP contribution in [0.1, 0.15) is 43.4 Å². The Morgan fingerprint density at radius 1 is 1.10 bits per heavy atom. The van der Waals surface area contributed by atoms with Crippen molar-refractivity contribution in [2.45, 2.75) is 63.6 Å². The molecule has 3 aliphatic rings. The van der Waals surface area contributed by atoms with E-state index >= 15 is 0 Å². The Labute approximate surface area is 284 Å². The van der Waals surface area contributed by atoms with Gasteiger partial charge in [0.25, 0.3) is 5.91 Å². The fourth-order valence-corrected chi connectivity index (χ4v) is 7.79. The largest absolute Gasteiger partial charge is 0.508 e. The highest BCUT2D eigenvalue weighted by Crippen LogP contribution is 2.54. The van der Waals surface area contributed by atoms with Gasteiger partial charge in [-0.2, -0.15) is 0 Å². The van der Waals surface area contributed by atoms with Crippen molar-refractivity contribution in [3.8, 4) is 22.6 Å². The van der Waals surface area contributed by atoms with Gasteiger partial charge in [-0.25, -0.2) is 0 Å². The van der Waals surface area contributed by atoms with Crippen molar-refractivity contribution in [1.82, 2.24) is 10.2 Å². The molecule has 1 saturated carbocycles. The normalized spacial score (nSPS) is 24.9. The van der Waals surface area contributed by atoms with Gasteiger partial charge in [0.1, 0.15) is 28.6 Å². The van der Waals surface area contributed by atoms with Gasteiger partial charge in [-0.05, 0) is 80.1 Å². The quantitative estimate of drug-likeness (QED) is 0.134. The van der Waals surface area contributed by atoms with Crippen molar-refractivity contribution in [3.05, 3.63) is 63.9 Å². The summed E-state index contributed by atoms with van der Waals surface area (Å²) in [6.45, 7) is 4.49. The molecule has 5 rings (SSSR count). The van der Waals surface area contributed by atoms with E-state index in [2.05, 4.69) is 19.2 Å². The minimum atomic E-state index is -2.72. The third-order valence-corrected chi connectivity index (χ3v) is 10.0. The van der Waals surface area contributed by atoms with Crippen molar-refractivity contribution in [2.24, 2.45) is 23.5 Å². The predicted molar refractivity (Wildman–Crippen MR) is 179 cm³/mol. The number of fused-ring (bicyclic) bond motifs is 3. The lowest BCUT2D eigenvalue weighted by Gasteiger charge is -2.50. The summed E-state index contributed by atoms with van der Waals surface area (Å²) in [6, 6.07) is 7.15. The number of likely N-dealkylation sites (N-methyl/N-ethyl adjacent to an activating group) is 1. The molecule has 0 saturated heterocycles. The summed E-state index contributed by atoms with van der Waals surface area (Å²) in [5, 5.41) is 59.5. The number of Topliss-reactive ketones (excluding diaryl/α,β-unsaturated/α-hetero) is 2. The molecule has 264 valence electrons. The predicted octanol–water partition coefficient (Wildman–Crippen LogP) is 2.11. The van der Waals surface area contributed by atoms with Gasteiger partial charge in [0.15, 0.2) is 17.7 Å². The fourth-order valence-electron chi connectivity index (χ4n) is 7.79. The molecule has 0 aromatic heterocycles. The summed E-state index contributed by atoms with van der Waals surface area (Å²) in [4.78, 5) is 41.3. The first-order valence-corrected chi connectivity index (χ1v) is 16.2. The number of rotatable bonds is 11. The number of ketones is 2. The molecule has 0 spiro atoms. The molecule has 0 heterocycles. The second-order valence-electron chi connectivity index (χ2n) is 13.7. The van der Waals surface area contributed by atoms with E-state index < -0.39 is 64.3 Å². The van der Waals surface area contributed by atoms with Crippen LogP contribution in [-0.2, 0) is 32.1 Å². The van der Waals surface area contributed by atoms with Crippen molar-refractivity contribution in [2.75, 3.05) is 28.3 Å². The number of carbonyl (C=O) groups excluding carboxylic acids is 3. The average molecular weight is 680 g/mol. The van der Waals surface area contributed by atoms with Gasteiger partial charge in [-0.1, -0.05) is 26.0 Å². The number of benzene rings is 2. The van der Waals surface area contributed by atoms with Gasteiger partial charge >= 0.3 is 0 Å². The number of hydrogen-bond acceptors (Lipinski definition) is 12. The molecule has 8 N–H and O–H groups in total. The summed E-state index contributed by atoms with van der Waals surface area (Å²) in [6.07, 6.45) is -0.234. The Balaban J connectivity index is 1.62. The van der Waals surface area contributed by atoms with E-state index in [1.54, 1.807) is 26.2 Å². The number of aromatic hydroxyl groups is 1.